The van der Waals surface area contributed by atoms with Crippen LogP contribution in [0.4, 0.5) is 5.82 Å². The summed E-state index contributed by atoms with van der Waals surface area (Å²) in [5.74, 6) is 1.71. The largest absolute Gasteiger partial charge is 0.358 e. The average molecular weight is 372 g/mol. The van der Waals surface area contributed by atoms with Crippen LogP contribution in [0.3, 0.4) is 0 Å². The molecule has 1 aliphatic rings. The van der Waals surface area contributed by atoms with E-state index in [-0.39, 0.29) is 0 Å². The van der Waals surface area contributed by atoms with Crippen molar-refractivity contribution in [2.45, 2.75) is 26.2 Å². The molecule has 1 N–H and O–H groups in total. The van der Waals surface area contributed by atoms with E-state index in [1.54, 1.807) is 12.1 Å². The summed E-state index contributed by atoms with van der Waals surface area (Å²) in [4.78, 5) is 20.6. The first-order valence-electron chi connectivity index (χ1n) is 8.54. The summed E-state index contributed by atoms with van der Waals surface area (Å²) in [5.41, 5.74) is 1.78. The van der Waals surface area contributed by atoms with Crippen LogP contribution < -0.4 is 10.2 Å². The molecule has 0 radical (unpaired) electrons. The molecule has 2 aromatic rings. The second-order valence-electron chi connectivity index (χ2n) is 5.92. The summed E-state index contributed by atoms with van der Waals surface area (Å²) in [6, 6.07) is 11.2. The monoisotopic (exact) mass is 371 g/mol. The van der Waals surface area contributed by atoms with Crippen LogP contribution in [0.15, 0.2) is 30.3 Å². The van der Waals surface area contributed by atoms with Gasteiger partial charge in [-0.2, -0.15) is 5.26 Å². The number of amides is 1. The minimum atomic E-state index is 0.536. The third-order valence-electron chi connectivity index (χ3n) is 3.95. The Kier molecular flexibility index (Phi) is 7.84. The maximum absolute atomic E-state index is 9.94. The zero-order valence-electron chi connectivity index (χ0n) is 14.8. The number of aryl methyl sites for hydroxylation is 1. The zero-order chi connectivity index (χ0) is 18.8. The Labute approximate surface area is 158 Å². The van der Waals surface area contributed by atoms with E-state index in [4.69, 9.17) is 16.9 Å². The van der Waals surface area contributed by atoms with Crippen molar-refractivity contribution in [1.29, 1.82) is 5.26 Å². The van der Waals surface area contributed by atoms with Crippen molar-refractivity contribution in [3.05, 3.63) is 52.4 Å². The molecule has 1 aliphatic heterocycles. The molecule has 6 nitrogen and oxygen atoms in total. The summed E-state index contributed by atoms with van der Waals surface area (Å²) in [6.45, 7) is 4.68. The lowest BCUT2D eigenvalue weighted by molar-refractivity contribution is -0.109. The number of hydrogen-bond acceptors (Lipinski definition) is 5. The Bertz CT molecular complexity index is 731. The van der Waals surface area contributed by atoms with Gasteiger partial charge in [0.25, 0.3) is 0 Å². The van der Waals surface area contributed by atoms with Gasteiger partial charge in [0.1, 0.15) is 16.8 Å². The summed E-state index contributed by atoms with van der Waals surface area (Å²) in [5, 5.41) is 11.7. The first-order valence-corrected chi connectivity index (χ1v) is 8.92. The second-order valence-corrected chi connectivity index (χ2v) is 6.31. The second kappa shape index (κ2) is 10.4. The zero-order valence-corrected chi connectivity index (χ0v) is 15.5. The van der Waals surface area contributed by atoms with Crippen LogP contribution in [-0.4, -0.2) is 36.0 Å². The van der Waals surface area contributed by atoms with Gasteiger partial charge in [0.15, 0.2) is 0 Å². The molecule has 26 heavy (non-hydrogen) atoms. The van der Waals surface area contributed by atoms with Crippen molar-refractivity contribution < 1.29 is 4.79 Å². The topological polar surface area (TPSA) is 81.9 Å². The predicted octanol–water partition coefficient (Wildman–Crippen LogP) is 2.89. The molecule has 0 spiro atoms. The molecule has 2 heterocycles. The summed E-state index contributed by atoms with van der Waals surface area (Å²) in [7, 11) is 0. The van der Waals surface area contributed by atoms with Crippen molar-refractivity contribution in [2.24, 2.45) is 0 Å². The van der Waals surface area contributed by atoms with E-state index in [1.165, 1.54) is 12.8 Å². The third kappa shape index (κ3) is 6.34. The predicted molar refractivity (Wildman–Crippen MR) is 102 cm³/mol. The molecule has 1 aromatic carbocycles. The van der Waals surface area contributed by atoms with Crippen LogP contribution in [0, 0.1) is 18.3 Å². The molecule has 0 unspecified atom stereocenters. The summed E-state index contributed by atoms with van der Waals surface area (Å²) >= 11 is 5.85. The van der Waals surface area contributed by atoms with Crippen molar-refractivity contribution in [3.8, 4) is 6.07 Å². The van der Waals surface area contributed by atoms with E-state index in [0.29, 0.717) is 23.7 Å². The van der Waals surface area contributed by atoms with E-state index in [9.17, 15) is 4.79 Å². The molecule has 0 bridgehead atoms. The number of nitrogens with zero attached hydrogens (tertiary/aromatic N) is 4. The van der Waals surface area contributed by atoms with Crippen molar-refractivity contribution in [2.75, 3.05) is 24.5 Å². The van der Waals surface area contributed by atoms with Gasteiger partial charge in [-0.05, 0) is 43.9 Å². The number of halogens is 1. The van der Waals surface area contributed by atoms with Gasteiger partial charge in [-0.1, -0.05) is 23.7 Å². The molecule has 0 atom stereocenters. The van der Waals surface area contributed by atoms with Crippen LogP contribution >= 0.6 is 11.6 Å². The van der Waals surface area contributed by atoms with E-state index < -0.39 is 0 Å². The van der Waals surface area contributed by atoms with Crippen molar-refractivity contribution in [1.82, 2.24) is 15.3 Å². The molecule has 1 saturated heterocycles. The van der Waals surface area contributed by atoms with Crippen LogP contribution in [0.5, 0.6) is 0 Å². The number of carbonyl (C=O) groups excluding carboxylic acids is 1. The molecule has 1 fully saturated rings. The van der Waals surface area contributed by atoms with Crippen molar-refractivity contribution >= 4 is 23.8 Å². The van der Waals surface area contributed by atoms with Crippen LogP contribution in [0.1, 0.15) is 29.8 Å². The SMILES string of the molecule is Cc1nc(Cl)cc(N2CCCC2)n1.N#Cc1ccc(CCNC=O)cc1. The third-order valence-corrected chi connectivity index (χ3v) is 4.14. The van der Waals surface area contributed by atoms with E-state index >= 15 is 0 Å². The normalized spacial score (nSPS) is 12.7. The Hall–Kier alpha value is -2.65. The average Bonchev–Trinajstić information content (AvgIpc) is 3.17. The van der Waals surface area contributed by atoms with Gasteiger partial charge in [0.2, 0.25) is 6.41 Å². The number of aromatic nitrogens is 2. The Morgan fingerprint density at radius 1 is 1.27 bits per heavy atom. The number of nitriles is 1. The lowest BCUT2D eigenvalue weighted by atomic mass is 10.1. The first kappa shape index (κ1) is 19.7. The fourth-order valence-electron chi connectivity index (χ4n) is 2.65. The van der Waals surface area contributed by atoms with Gasteiger partial charge in [-0.15, -0.1) is 0 Å². The Morgan fingerprint density at radius 2 is 1.96 bits per heavy atom. The molecule has 0 saturated carbocycles. The van der Waals surface area contributed by atoms with Gasteiger partial charge >= 0.3 is 0 Å². The number of hydrogen-bond donors (Lipinski definition) is 1. The fourth-order valence-corrected chi connectivity index (χ4v) is 2.87. The first-order chi connectivity index (χ1) is 12.6. The fraction of sp³-hybridized carbons (Fsp3) is 0.368. The standard InChI is InChI=1S/C10H10N2O.C9H12ClN3/c11-7-10-3-1-9(2-4-10)5-6-12-8-13;1-7-11-8(10)6-9(12-7)13-4-2-3-5-13/h1-4,8H,5-6H2,(H,12,13);6H,2-5H2,1H3. The summed E-state index contributed by atoms with van der Waals surface area (Å²) < 4.78 is 0. The van der Waals surface area contributed by atoms with Gasteiger partial charge in [-0.3, -0.25) is 4.79 Å². The van der Waals surface area contributed by atoms with Crippen LogP contribution in [-0.2, 0) is 11.2 Å². The number of benzene rings is 1. The maximum Gasteiger partial charge on any atom is 0.207 e. The smallest absolute Gasteiger partial charge is 0.207 e. The Morgan fingerprint density at radius 3 is 2.54 bits per heavy atom. The molecule has 3 rings (SSSR count). The maximum atomic E-state index is 9.94. The van der Waals surface area contributed by atoms with E-state index in [0.717, 1.165) is 36.7 Å². The van der Waals surface area contributed by atoms with Gasteiger partial charge in [-0.25, -0.2) is 9.97 Å². The molecule has 0 aliphatic carbocycles. The highest BCUT2D eigenvalue weighted by Gasteiger charge is 2.14. The molecular weight excluding hydrogens is 350 g/mol. The van der Waals surface area contributed by atoms with Gasteiger partial charge < -0.3 is 10.2 Å². The molecular formula is C19H22ClN5O. The van der Waals surface area contributed by atoms with E-state index in [2.05, 4.69) is 20.2 Å². The van der Waals surface area contributed by atoms with Crippen LogP contribution in [0.25, 0.3) is 0 Å². The molecule has 7 heteroatoms. The molecule has 136 valence electrons. The minimum absolute atomic E-state index is 0.536. The lowest BCUT2D eigenvalue weighted by Gasteiger charge is -2.16. The van der Waals surface area contributed by atoms with Crippen LogP contribution in [0.2, 0.25) is 5.15 Å². The molecule has 1 amide bonds. The van der Waals surface area contributed by atoms with Crippen molar-refractivity contribution in [3.63, 3.8) is 0 Å². The number of anilines is 1. The highest BCUT2D eigenvalue weighted by molar-refractivity contribution is 6.29. The Balaban J connectivity index is 0.000000187. The van der Waals surface area contributed by atoms with Gasteiger partial charge in [0, 0.05) is 25.7 Å². The number of nitrogens with one attached hydrogen (secondary N) is 1. The lowest BCUT2D eigenvalue weighted by Crippen LogP contribution is -2.19. The summed E-state index contributed by atoms with van der Waals surface area (Å²) in [6.07, 6.45) is 3.98. The number of rotatable bonds is 5. The molecule has 1 aromatic heterocycles. The number of carbonyl (C=O) groups is 1. The highest BCUT2D eigenvalue weighted by atomic mass is 35.5. The van der Waals surface area contributed by atoms with Gasteiger partial charge in [0.05, 0.1) is 11.6 Å². The quantitative estimate of drug-likeness (QED) is 0.496. The highest BCUT2D eigenvalue weighted by Crippen LogP contribution is 2.20. The minimum Gasteiger partial charge on any atom is -0.358 e. The van der Waals surface area contributed by atoms with E-state index in [1.807, 2.05) is 31.2 Å².